The molecule has 4 nitrogen and oxygen atoms in total. The number of carbonyl (C=O) groups is 1. The third-order valence-corrected chi connectivity index (χ3v) is 3.82. The summed E-state index contributed by atoms with van der Waals surface area (Å²) in [5.74, 6) is 0. The first kappa shape index (κ1) is 8.46. The highest BCUT2D eigenvalue weighted by Crippen LogP contribution is 2.36. The number of fused-ring (bicyclic) bond motifs is 1. The van der Waals surface area contributed by atoms with Crippen molar-refractivity contribution in [1.29, 1.82) is 0 Å². The van der Waals surface area contributed by atoms with E-state index in [2.05, 4.69) is 4.98 Å². The minimum Gasteiger partial charge on any atom is -0.319 e. The average molecular weight is 214 g/mol. The van der Waals surface area contributed by atoms with Crippen molar-refractivity contribution in [2.24, 2.45) is 0 Å². The fourth-order valence-electron chi connectivity index (χ4n) is 1.13. The Kier molecular flexibility index (Phi) is 1.93. The van der Waals surface area contributed by atoms with Gasteiger partial charge in [-0.1, -0.05) is 20.7 Å². The zero-order valence-electron chi connectivity index (χ0n) is 6.73. The summed E-state index contributed by atoms with van der Waals surface area (Å²) in [6.07, 6.45) is 0.633. The van der Waals surface area contributed by atoms with Crippen LogP contribution in [-0.4, -0.2) is 18.4 Å². The minimum atomic E-state index is -0.205. The molecular formula is C7H6N2O2S2. The van der Waals surface area contributed by atoms with Gasteiger partial charge in [-0.2, -0.15) is 0 Å². The van der Waals surface area contributed by atoms with Crippen molar-refractivity contribution >= 4 is 32.8 Å². The van der Waals surface area contributed by atoms with E-state index in [0.29, 0.717) is 12.1 Å². The maximum Gasteiger partial charge on any atom is 0.274 e. The Balaban J connectivity index is 2.67. The van der Waals surface area contributed by atoms with E-state index in [-0.39, 0.29) is 5.56 Å². The molecule has 0 fully saturated rings. The van der Waals surface area contributed by atoms with Gasteiger partial charge in [-0.25, -0.2) is 0 Å². The third kappa shape index (κ3) is 1.18. The fraction of sp³-hybridized carbons (Fsp3) is 0.143. The molecule has 0 aromatic rings. The van der Waals surface area contributed by atoms with Crippen LogP contribution in [0.2, 0.25) is 0 Å². The van der Waals surface area contributed by atoms with E-state index in [4.69, 9.17) is 0 Å². The molecule has 2 heterocycles. The molecule has 1 amide bonds. The van der Waals surface area contributed by atoms with E-state index in [1.165, 1.54) is 25.6 Å². The predicted molar refractivity (Wildman–Crippen MR) is 53.9 cm³/mol. The Hall–Kier alpha value is -1.14. The standard InChI is InChI=1S/C7H6N2O2S2/c1-9(3-10)5-6-4(2-12-13-6)8-7(5)11/h2-3H,1H3,(H,8,11). The van der Waals surface area contributed by atoms with Crippen LogP contribution in [-0.2, 0) is 4.79 Å². The number of nitrogens with one attached hydrogen (secondary N) is 1. The maximum absolute atomic E-state index is 11.4. The molecule has 0 aromatic heterocycles. The van der Waals surface area contributed by atoms with Gasteiger partial charge in [-0.3, -0.25) is 9.59 Å². The molecule has 0 spiro atoms. The number of anilines is 1. The number of carbonyl (C=O) groups excluding carboxylic acids is 1. The molecule has 0 atom stereocenters. The fourth-order valence-corrected chi connectivity index (χ4v) is 3.36. The minimum absolute atomic E-state index is 0.205. The molecule has 0 aliphatic carbocycles. The number of H-pyrrole nitrogens is 1. The monoisotopic (exact) mass is 214 g/mol. The molecule has 0 aromatic carbocycles. The molecule has 0 unspecified atom stereocenters. The second-order valence-corrected chi connectivity index (χ2v) is 4.64. The topological polar surface area (TPSA) is 53.2 Å². The van der Waals surface area contributed by atoms with Gasteiger partial charge in [0.05, 0.1) is 10.6 Å². The van der Waals surface area contributed by atoms with Gasteiger partial charge < -0.3 is 9.88 Å². The van der Waals surface area contributed by atoms with Crippen molar-refractivity contribution in [1.82, 2.24) is 4.98 Å². The average Bonchev–Trinajstić information content (AvgIpc) is 2.62. The largest absolute Gasteiger partial charge is 0.319 e. The zero-order valence-corrected chi connectivity index (χ0v) is 8.37. The first-order valence-corrected chi connectivity index (χ1v) is 5.73. The molecular weight excluding hydrogens is 208 g/mol. The molecule has 0 bridgehead atoms. The summed E-state index contributed by atoms with van der Waals surface area (Å²) in [7, 11) is 4.60. The second-order valence-electron chi connectivity index (χ2n) is 2.56. The maximum atomic E-state index is 11.4. The Morgan fingerprint density at radius 1 is 1.62 bits per heavy atom. The number of aromatic nitrogens is 1. The molecule has 0 saturated heterocycles. The van der Waals surface area contributed by atoms with E-state index in [1.54, 1.807) is 7.05 Å². The number of hydrogen-bond donors (Lipinski definition) is 1. The van der Waals surface area contributed by atoms with Crippen LogP contribution in [0.5, 0.6) is 0 Å². The zero-order chi connectivity index (χ0) is 9.42. The summed E-state index contributed by atoms with van der Waals surface area (Å²) in [5, 5.41) is 1.86. The van der Waals surface area contributed by atoms with Crippen LogP contribution in [0.15, 0.2) is 10.2 Å². The first-order chi connectivity index (χ1) is 6.24. The summed E-state index contributed by atoms with van der Waals surface area (Å²) < 4.78 is 0. The molecule has 0 saturated carbocycles. The van der Waals surface area contributed by atoms with Gasteiger partial charge in [0.2, 0.25) is 6.41 Å². The molecule has 6 heteroatoms. The van der Waals surface area contributed by atoms with Gasteiger partial charge in [-0.15, -0.1) is 0 Å². The molecule has 13 heavy (non-hydrogen) atoms. The molecule has 2 aliphatic heterocycles. The second kappa shape index (κ2) is 2.97. The summed E-state index contributed by atoms with van der Waals surface area (Å²) in [6, 6.07) is 0. The lowest BCUT2D eigenvalue weighted by atomic mass is 10.4. The third-order valence-electron chi connectivity index (χ3n) is 1.73. The Labute approximate surface area is 81.2 Å². The van der Waals surface area contributed by atoms with E-state index in [9.17, 15) is 9.59 Å². The Bertz CT molecular complexity index is 456. The van der Waals surface area contributed by atoms with Gasteiger partial charge in [0.15, 0.2) is 0 Å². The highest BCUT2D eigenvalue weighted by molar-refractivity contribution is 7.70. The van der Waals surface area contributed by atoms with E-state index >= 15 is 0 Å². The van der Waals surface area contributed by atoms with Gasteiger partial charge >= 0.3 is 0 Å². The normalized spacial score (nSPS) is 10.5. The van der Waals surface area contributed by atoms with Crippen molar-refractivity contribution in [2.75, 3.05) is 11.9 Å². The van der Waals surface area contributed by atoms with Crippen molar-refractivity contribution in [3.63, 3.8) is 0 Å². The molecule has 1 N–H and O–H groups in total. The highest BCUT2D eigenvalue weighted by atomic mass is 32.9. The number of nitrogens with zero attached hydrogens (tertiary/aromatic N) is 1. The lowest BCUT2D eigenvalue weighted by Crippen LogP contribution is -2.20. The lowest BCUT2D eigenvalue weighted by Gasteiger charge is -2.05. The molecule has 2 rings (SSSR count). The van der Waals surface area contributed by atoms with Gasteiger partial charge in [0.1, 0.15) is 5.69 Å². The number of amides is 1. The van der Waals surface area contributed by atoms with Crippen LogP contribution >= 0.6 is 20.7 Å². The van der Waals surface area contributed by atoms with Crippen molar-refractivity contribution in [3.8, 4) is 10.6 Å². The van der Waals surface area contributed by atoms with Crippen LogP contribution < -0.4 is 10.5 Å². The Morgan fingerprint density at radius 2 is 2.38 bits per heavy atom. The van der Waals surface area contributed by atoms with Gasteiger partial charge in [-0.05, 0) is 0 Å². The summed E-state index contributed by atoms with van der Waals surface area (Å²) in [4.78, 5) is 26.7. The summed E-state index contributed by atoms with van der Waals surface area (Å²) in [5.41, 5.74) is 1.05. The van der Waals surface area contributed by atoms with Crippen LogP contribution in [0, 0.1) is 0 Å². The van der Waals surface area contributed by atoms with Crippen molar-refractivity contribution in [3.05, 3.63) is 15.7 Å². The van der Waals surface area contributed by atoms with Crippen LogP contribution in [0.4, 0.5) is 5.69 Å². The SMILES string of the molecule is CN(C=O)c1c2sscc-2[nH]c1=O. The lowest BCUT2D eigenvalue weighted by molar-refractivity contribution is -0.107. The van der Waals surface area contributed by atoms with Crippen LogP contribution in [0.3, 0.4) is 0 Å². The number of hydrogen-bond acceptors (Lipinski definition) is 4. The molecule has 2 aliphatic rings. The Morgan fingerprint density at radius 3 is 3.08 bits per heavy atom. The number of aromatic amines is 1. The van der Waals surface area contributed by atoms with Gasteiger partial charge in [0, 0.05) is 12.4 Å². The predicted octanol–water partition coefficient (Wildman–Crippen LogP) is 1.20. The first-order valence-electron chi connectivity index (χ1n) is 3.51. The van der Waals surface area contributed by atoms with E-state index in [1.807, 2.05) is 5.38 Å². The summed E-state index contributed by atoms with van der Waals surface area (Å²) in [6.45, 7) is 0. The molecule has 0 radical (unpaired) electrons. The van der Waals surface area contributed by atoms with Crippen LogP contribution in [0.1, 0.15) is 0 Å². The summed E-state index contributed by atoms with van der Waals surface area (Å²) >= 11 is 0. The van der Waals surface area contributed by atoms with E-state index < -0.39 is 0 Å². The van der Waals surface area contributed by atoms with Crippen molar-refractivity contribution in [2.45, 2.75) is 0 Å². The van der Waals surface area contributed by atoms with Crippen LogP contribution in [0.25, 0.3) is 10.6 Å². The molecule has 68 valence electrons. The van der Waals surface area contributed by atoms with E-state index in [0.717, 1.165) is 10.6 Å². The highest BCUT2D eigenvalue weighted by Gasteiger charge is 2.19. The van der Waals surface area contributed by atoms with Crippen molar-refractivity contribution < 1.29 is 4.79 Å². The number of rotatable bonds is 2. The van der Waals surface area contributed by atoms with Gasteiger partial charge in [0.25, 0.3) is 5.56 Å². The smallest absolute Gasteiger partial charge is 0.274 e. The quantitative estimate of drug-likeness (QED) is 0.603.